The SMILES string of the molecule is CCCCCC(=O)OCCOCCOCCOCCOCCOC1CCNCC1. The van der Waals surface area contributed by atoms with Crippen LogP contribution in [0.1, 0.15) is 45.4 Å². The van der Waals surface area contributed by atoms with Crippen LogP contribution >= 0.6 is 0 Å². The van der Waals surface area contributed by atoms with Gasteiger partial charge >= 0.3 is 5.97 Å². The molecule has 172 valence electrons. The zero-order chi connectivity index (χ0) is 20.8. The van der Waals surface area contributed by atoms with Gasteiger partial charge in [-0.05, 0) is 32.4 Å². The molecule has 1 saturated heterocycles. The van der Waals surface area contributed by atoms with Gasteiger partial charge < -0.3 is 33.7 Å². The molecule has 1 fully saturated rings. The number of rotatable bonds is 20. The third kappa shape index (κ3) is 17.8. The van der Waals surface area contributed by atoms with Crippen molar-refractivity contribution in [1.29, 1.82) is 0 Å². The Bertz CT molecular complexity index is 365. The van der Waals surface area contributed by atoms with Gasteiger partial charge in [-0.25, -0.2) is 0 Å². The zero-order valence-corrected chi connectivity index (χ0v) is 18.2. The molecule has 0 unspecified atom stereocenters. The lowest BCUT2D eigenvalue weighted by Gasteiger charge is -2.22. The highest BCUT2D eigenvalue weighted by molar-refractivity contribution is 5.69. The van der Waals surface area contributed by atoms with Gasteiger partial charge in [-0.1, -0.05) is 19.8 Å². The van der Waals surface area contributed by atoms with Crippen molar-refractivity contribution in [3.05, 3.63) is 0 Å². The van der Waals surface area contributed by atoms with Crippen molar-refractivity contribution in [2.24, 2.45) is 0 Å². The second-order valence-electron chi connectivity index (χ2n) is 6.95. The standard InChI is InChI=1S/C21H41NO7/c1-2-3-4-5-21(23)29-19-17-27-15-13-25-11-10-24-12-14-26-16-18-28-20-6-8-22-9-7-20/h20,22H,2-19H2,1H3. The predicted molar refractivity (Wildman–Crippen MR) is 110 cm³/mol. The van der Waals surface area contributed by atoms with Crippen molar-refractivity contribution in [3.63, 3.8) is 0 Å². The molecular weight excluding hydrogens is 378 g/mol. The number of carbonyl (C=O) groups excluding carboxylic acids is 1. The summed E-state index contributed by atoms with van der Waals surface area (Å²) in [5.41, 5.74) is 0. The first-order valence-electron chi connectivity index (χ1n) is 11.1. The second kappa shape index (κ2) is 20.5. The highest BCUT2D eigenvalue weighted by atomic mass is 16.6. The molecule has 0 aromatic heterocycles. The number of esters is 1. The van der Waals surface area contributed by atoms with Gasteiger partial charge in [-0.3, -0.25) is 4.79 Å². The molecule has 0 spiro atoms. The first-order chi connectivity index (χ1) is 14.3. The Hall–Kier alpha value is -0.770. The number of piperidine rings is 1. The van der Waals surface area contributed by atoms with Crippen molar-refractivity contribution < 1.29 is 33.2 Å². The number of carbonyl (C=O) groups is 1. The van der Waals surface area contributed by atoms with Gasteiger partial charge in [-0.2, -0.15) is 0 Å². The van der Waals surface area contributed by atoms with Crippen LogP contribution in [0.15, 0.2) is 0 Å². The molecule has 1 aliphatic rings. The van der Waals surface area contributed by atoms with E-state index in [4.69, 9.17) is 28.4 Å². The predicted octanol–water partition coefficient (Wildman–Crippen LogP) is 1.94. The molecule has 0 aromatic carbocycles. The van der Waals surface area contributed by atoms with E-state index in [1.54, 1.807) is 0 Å². The molecule has 1 rings (SSSR count). The monoisotopic (exact) mass is 419 g/mol. The van der Waals surface area contributed by atoms with E-state index < -0.39 is 0 Å². The number of nitrogens with one attached hydrogen (secondary N) is 1. The summed E-state index contributed by atoms with van der Waals surface area (Å²) in [5, 5.41) is 3.32. The summed E-state index contributed by atoms with van der Waals surface area (Å²) in [4.78, 5) is 11.4. The molecule has 1 heterocycles. The van der Waals surface area contributed by atoms with Crippen LogP contribution in [0.2, 0.25) is 0 Å². The summed E-state index contributed by atoms with van der Waals surface area (Å²) in [5.74, 6) is -0.145. The van der Waals surface area contributed by atoms with E-state index in [9.17, 15) is 4.79 Å². The van der Waals surface area contributed by atoms with Gasteiger partial charge in [0.1, 0.15) is 6.61 Å². The van der Waals surface area contributed by atoms with Crippen LogP contribution in [-0.4, -0.2) is 91.2 Å². The third-order valence-corrected chi connectivity index (χ3v) is 4.46. The van der Waals surface area contributed by atoms with Crippen LogP contribution < -0.4 is 5.32 Å². The molecule has 0 amide bonds. The third-order valence-electron chi connectivity index (χ3n) is 4.46. The summed E-state index contributed by atoms with van der Waals surface area (Å²) in [6.45, 7) is 9.30. The minimum absolute atomic E-state index is 0.145. The molecule has 1 aliphatic heterocycles. The summed E-state index contributed by atoms with van der Waals surface area (Å²) >= 11 is 0. The first kappa shape index (κ1) is 26.3. The number of hydrogen-bond donors (Lipinski definition) is 1. The summed E-state index contributed by atoms with van der Waals surface area (Å²) in [6.07, 6.45) is 6.10. The van der Waals surface area contributed by atoms with Crippen LogP contribution in [0.3, 0.4) is 0 Å². The quantitative estimate of drug-likeness (QED) is 0.237. The molecule has 8 nitrogen and oxygen atoms in total. The van der Waals surface area contributed by atoms with E-state index in [0.29, 0.717) is 78.6 Å². The summed E-state index contributed by atoms with van der Waals surface area (Å²) in [6, 6.07) is 0. The maximum absolute atomic E-state index is 11.4. The molecule has 0 atom stereocenters. The molecular formula is C21H41NO7. The Kier molecular flexibility index (Phi) is 18.6. The van der Waals surface area contributed by atoms with Crippen LogP contribution in [-0.2, 0) is 33.2 Å². The average molecular weight is 420 g/mol. The largest absolute Gasteiger partial charge is 0.463 e. The number of hydrogen-bond acceptors (Lipinski definition) is 8. The molecule has 0 bridgehead atoms. The van der Waals surface area contributed by atoms with Crippen LogP contribution in [0.5, 0.6) is 0 Å². The molecule has 8 heteroatoms. The Labute approximate surface area is 175 Å². The molecule has 29 heavy (non-hydrogen) atoms. The average Bonchev–Trinajstić information content (AvgIpc) is 2.74. The van der Waals surface area contributed by atoms with Crippen molar-refractivity contribution in [3.8, 4) is 0 Å². The maximum Gasteiger partial charge on any atom is 0.305 e. The van der Waals surface area contributed by atoms with Crippen molar-refractivity contribution in [2.75, 3.05) is 79.2 Å². The molecule has 0 aromatic rings. The zero-order valence-electron chi connectivity index (χ0n) is 18.2. The van der Waals surface area contributed by atoms with Gasteiger partial charge in [0.15, 0.2) is 0 Å². The number of ether oxygens (including phenoxy) is 6. The van der Waals surface area contributed by atoms with Crippen molar-refractivity contribution >= 4 is 5.97 Å². The summed E-state index contributed by atoms with van der Waals surface area (Å²) in [7, 11) is 0. The van der Waals surface area contributed by atoms with Gasteiger partial charge in [0.2, 0.25) is 0 Å². The van der Waals surface area contributed by atoms with Crippen molar-refractivity contribution in [1.82, 2.24) is 5.32 Å². The normalized spacial score (nSPS) is 14.9. The maximum atomic E-state index is 11.4. The highest BCUT2D eigenvalue weighted by Gasteiger charge is 2.12. The fourth-order valence-electron chi connectivity index (χ4n) is 2.80. The first-order valence-corrected chi connectivity index (χ1v) is 11.1. The van der Waals surface area contributed by atoms with E-state index >= 15 is 0 Å². The Balaban J connectivity index is 1.68. The second-order valence-corrected chi connectivity index (χ2v) is 6.95. The van der Waals surface area contributed by atoms with Gasteiger partial charge in [0, 0.05) is 6.42 Å². The minimum atomic E-state index is -0.145. The van der Waals surface area contributed by atoms with Crippen LogP contribution in [0.25, 0.3) is 0 Å². The molecule has 0 aliphatic carbocycles. The fourth-order valence-corrected chi connectivity index (χ4v) is 2.80. The fraction of sp³-hybridized carbons (Fsp3) is 0.952. The summed E-state index contributed by atoms with van der Waals surface area (Å²) < 4.78 is 32.5. The van der Waals surface area contributed by atoms with E-state index in [1.807, 2.05) is 0 Å². The molecule has 1 N–H and O–H groups in total. The Morgan fingerprint density at radius 1 is 0.759 bits per heavy atom. The van der Waals surface area contributed by atoms with Crippen molar-refractivity contribution in [2.45, 2.75) is 51.6 Å². The van der Waals surface area contributed by atoms with E-state index in [0.717, 1.165) is 45.2 Å². The van der Waals surface area contributed by atoms with E-state index in [-0.39, 0.29) is 5.97 Å². The lowest BCUT2D eigenvalue weighted by atomic mass is 10.1. The lowest BCUT2D eigenvalue weighted by molar-refractivity contribution is -0.145. The molecule has 0 radical (unpaired) electrons. The smallest absolute Gasteiger partial charge is 0.305 e. The highest BCUT2D eigenvalue weighted by Crippen LogP contribution is 2.06. The number of unbranched alkanes of at least 4 members (excludes halogenated alkanes) is 2. The molecule has 0 saturated carbocycles. The van der Waals surface area contributed by atoms with Crippen LogP contribution in [0, 0.1) is 0 Å². The lowest BCUT2D eigenvalue weighted by Crippen LogP contribution is -2.33. The van der Waals surface area contributed by atoms with Gasteiger partial charge in [-0.15, -0.1) is 0 Å². The van der Waals surface area contributed by atoms with Gasteiger partial charge in [0.25, 0.3) is 0 Å². The van der Waals surface area contributed by atoms with Crippen LogP contribution in [0.4, 0.5) is 0 Å². The minimum Gasteiger partial charge on any atom is -0.463 e. The topological polar surface area (TPSA) is 84.5 Å². The van der Waals surface area contributed by atoms with Gasteiger partial charge in [0.05, 0.1) is 65.6 Å². The van der Waals surface area contributed by atoms with E-state index in [2.05, 4.69) is 12.2 Å². The Morgan fingerprint density at radius 3 is 1.83 bits per heavy atom. The Morgan fingerprint density at radius 2 is 1.28 bits per heavy atom. The van der Waals surface area contributed by atoms with E-state index in [1.165, 1.54) is 0 Å².